The molecule has 1 aliphatic rings. The second kappa shape index (κ2) is 7.31. The Balaban J connectivity index is 1.71. The van der Waals surface area contributed by atoms with Gasteiger partial charge in [0.05, 0.1) is 11.7 Å². The number of rotatable bonds is 3. The third-order valence-electron chi connectivity index (χ3n) is 5.38. The molecule has 5 rings (SSSR count). The summed E-state index contributed by atoms with van der Waals surface area (Å²) in [4.78, 5) is 15.2. The lowest BCUT2D eigenvalue weighted by atomic mass is 9.95. The number of benzene rings is 3. The fourth-order valence-electron chi connectivity index (χ4n) is 3.91. The first-order valence-corrected chi connectivity index (χ1v) is 10.3. The highest BCUT2D eigenvalue weighted by Gasteiger charge is 2.43. The Hall–Kier alpha value is -3.08. The first-order chi connectivity index (χ1) is 14.5. The SMILES string of the molecule is Cc1ccc(-c2n[nH]c3c2[C@H](c2ccc(Cl)cc2)N(c2ccc(Cl)cc2)C3=O)cc1. The molecule has 1 atom stereocenters. The number of aromatic nitrogens is 2. The van der Waals surface area contributed by atoms with Crippen molar-refractivity contribution >= 4 is 34.8 Å². The summed E-state index contributed by atoms with van der Waals surface area (Å²) in [6.07, 6.45) is 0. The normalized spacial score (nSPS) is 15.5. The predicted octanol–water partition coefficient (Wildman–Crippen LogP) is 6.44. The number of fused-ring (bicyclic) bond motifs is 1. The lowest BCUT2D eigenvalue weighted by molar-refractivity contribution is 0.0989. The van der Waals surface area contributed by atoms with Crippen LogP contribution in [0.2, 0.25) is 10.0 Å². The fourth-order valence-corrected chi connectivity index (χ4v) is 4.16. The van der Waals surface area contributed by atoms with E-state index in [4.69, 9.17) is 23.2 Å². The molecule has 0 unspecified atom stereocenters. The lowest BCUT2D eigenvalue weighted by Gasteiger charge is -2.26. The number of aryl methyl sites for hydroxylation is 1. The number of carbonyl (C=O) groups excluding carboxylic acids is 1. The summed E-state index contributed by atoms with van der Waals surface area (Å²) in [6.45, 7) is 2.04. The molecule has 1 N–H and O–H groups in total. The third kappa shape index (κ3) is 3.09. The zero-order valence-electron chi connectivity index (χ0n) is 16.1. The molecule has 4 aromatic rings. The number of halogens is 2. The van der Waals surface area contributed by atoms with E-state index in [1.165, 1.54) is 5.56 Å². The van der Waals surface area contributed by atoms with Crippen LogP contribution < -0.4 is 4.90 Å². The number of carbonyl (C=O) groups is 1. The average Bonchev–Trinajstić information content (AvgIpc) is 3.29. The van der Waals surface area contributed by atoms with Gasteiger partial charge >= 0.3 is 0 Å². The molecule has 148 valence electrons. The standard InChI is InChI=1S/C24H17Cl2N3O/c1-14-2-4-15(5-3-14)21-20-22(28-27-21)24(30)29(19-12-10-18(26)11-13-19)23(20)16-6-8-17(25)9-7-16/h2-13,23H,1H3,(H,27,28)/t23-/m0/s1. The van der Waals surface area contributed by atoms with Gasteiger partial charge in [-0.15, -0.1) is 0 Å². The van der Waals surface area contributed by atoms with E-state index in [-0.39, 0.29) is 11.9 Å². The van der Waals surface area contributed by atoms with E-state index < -0.39 is 0 Å². The van der Waals surface area contributed by atoms with E-state index in [2.05, 4.69) is 10.2 Å². The summed E-state index contributed by atoms with van der Waals surface area (Å²) in [5, 5.41) is 8.75. The summed E-state index contributed by atoms with van der Waals surface area (Å²) in [7, 11) is 0. The van der Waals surface area contributed by atoms with Crippen LogP contribution in [0.4, 0.5) is 5.69 Å². The molecule has 3 aromatic carbocycles. The van der Waals surface area contributed by atoms with Gasteiger partial charge in [0.2, 0.25) is 0 Å². The first-order valence-electron chi connectivity index (χ1n) is 9.53. The van der Waals surface area contributed by atoms with Crippen LogP contribution in [0.1, 0.15) is 33.2 Å². The van der Waals surface area contributed by atoms with Gasteiger partial charge in [0, 0.05) is 26.9 Å². The van der Waals surface area contributed by atoms with E-state index in [0.29, 0.717) is 15.7 Å². The highest BCUT2D eigenvalue weighted by molar-refractivity contribution is 6.31. The van der Waals surface area contributed by atoms with Crippen molar-refractivity contribution in [3.8, 4) is 11.3 Å². The first kappa shape index (κ1) is 18.9. The molecule has 4 nitrogen and oxygen atoms in total. The summed E-state index contributed by atoms with van der Waals surface area (Å²) >= 11 is 12.2. The van der Waals surface area contributed by atoms with Crippen LogP contribution in [0, 0.1) is 6.92 Å². The van der Waals surface area contributed by atoms with E-state index in [9.17, 15) is 4.79 Å². The predicted molar refractivity (Wildman–Crippen MR) is 120 cm³/mol. The van der Waals surface area contributed by atoms with Crippen LogP contribution in [-0.4, -0.2) is 16.1 Å². The van der Waals surface area contributed by atoms with Crippen molar-refractivity contribution in [2.45, 2.75) is 13.0 Å². The number of hydrogen-bond acceptors (Lipinski definition) is 2. The maximum Gasteiger partial charge on any atom is 0.277 e. The Bertz CT molecular complexity index is 1230. The minimum atomic E-state index is -0.332. The molecule has 1 amide bonds. The summed E-state index contributed by atoms with van der Waals surface area (Å²) in [5.74, 6) is -0.127. The molecule has 30 heavy (non-hydrogen) atoms. The van der Waals surface area contributed by atoms with Gasteiger partial charge in [-0.2, -0.15) is 5.10 Å². The molecular formula is C24H17Cl2N3O. The maximum atomic E-state index is 13.4. The Labute approximate surface area is 184 Å². The Morgan fingerprint density at radius 3 is 2.10 bits per heavy atom. The molecule has 0 saturated heterocycles. The monoisotopic (exact) mass is 433 g/mol. The number of hydrogen-bond donors (Lipinski definition) is 1. The number of amides is 1. The second-order valence-electron chi connectivity index (χ2n) is 7.33. The fraction of sp³-hybridized carbons (Fsp3) is 0.0833. The number of aromatic amines is 1. The molecule has 2 heterocycles. The molecule has 0 bridgehead atoms. The summed E-state index contributed by atoms with van der Waals surface area (Å²) < 4.78 is 0. The van der Waals surface area contributed by atoms with Gasteiger partial charge in [-0.05, 0) is 48.9 Å². The molecule has 0 aliphatic carbocycles. The van der Waals surface area contributed by atoms with Crippen LogP contribution in [0.15, 0.2) is 72.8 Å². The van der Waals surface area contributed by atoms with Crippen LogP contribution >= 0.6 is 23.2 Å². The van der Waals surface area contributed by atoms with Crippen molar-refractivity contribution in [1.29, 1.82) is 0 Å². The van der Waals surface area contributed by atoms with Gasteiger partial charge in [0.25, 0.3) is 5.91 Å². The number of H-pyrrole nitrogens is 1. The zero-order chi connectivity index (χ0) is 20.8. The number of anilines is 1. The van der Waals surface area contributed by atoms with Gasteiger partial charge in [-0.3, -0.25) is 14.8 Å². The van der Waals surface area contributed by atoms with Crippen molar-refractivity contribution in [3.63, 3.8) is 0 Å². The quantitative estimate of drug-likeness (QED) is 0.403. The molecule has 0 spiro atoms. The molecule has 0 radical (unpaired) electrons. The minimum absolute atomic E-state index is 0.127. The van der Waals surface area contributed by atoms with Crippen LogP contribution in [0.25, 0.3) is 11.3 Å². The van der Waals surface area contributed by atoms with E-state index in [1.807, 2.05) is 67.6 Å². The maximum absolute atomic E-state index is 13.4. The van der Waals surface area contributed by atoms with Crippen LogP contribution in [0.5, 0.6) is 0 Å². The van der Waals surface area contributed by atoms with Crippen molar-refractivity contribution in [1.82, 2.24) is 10.2 Å². The largest absolute Gasteiger partial charge is 0.295 e. The molecule has 6 heteroatoms. The van der Waals surface area contributed by atoms with Crippen LogP contribution in [0.3, 0.4) is 0 Å². The lowest BCUT2D eigenvalue weighted by Crippen LogP contribution is -2.29. The average molecular weight is 434 g/mol. The second-order valence-corrected chi connectivity index (χ2v) is 8.21. The molecule has 0 fully saturated rings. The molecule has 0 saturated carbocycles. The van der Waals surface area contributed by atoms with Gasteiger partial charge in [-0.1, -0.05) is 65.2 Å². The van der Waals surface area contributed by atoms with Crippen molar-refractivity contribution in [2.75, 3.05) is 4.90 Å². The van der Waals surface area contributed by atoms with Crippen molar-refractivity contribution < 1.29 is 4.79 Å². The van der Waals surface area contributed by atoms with Crippen molar-refractivity contribution in [3.05, 3.63) is 105 Å². The molecule has 1 aromatic heterocycles. The Morgan fingerprint density at radius 2 is 1.47 bits per heavy atom. The van der Waals surface area contributed by atoms with E-state index >= 15 is 0 Å². The van der Waals surface area contributed by atoms with Gasteiger partial charge < -0.3 is 0 Å². The van der Waals surface area contributed by atoms with E-state index in [0.717, 1.165) is 28.1 Å². The highest BCUT2D eigenvalue weighted by Crippen LogP contribution is 2.45. The van der Waals surface area contributed by atoms with Crippen LogP contribution in [-0.2, 0) is 0 Å². The number of nitrogens with one attached hydrogen (secondary N) is 1. The molecular weight excluding hydrogens is 417 g/mol. The Kier molecular flexibility index (Phi) is 4.61. The van der Waals surface area contributed by atoms with Gasteiger partial charge in [-0.25, -0.2) is 0 Å². The number of nitrogens with zero attached hydrogens (tertiary/aromatic N) is 2. The molecule has 1 aliphatic heterocycles. The zero-order valence-corrected chi connectivity index (χ0v) is 17.6. The van der Waals surface area contributed by atoms with Crippen molar-refractivity contribution in [2.24, 2.45) is 0 Å². The highest BCUT2D eigenvalue weighted by atomic mass is 35.5. The van der Waals surface area contributed by atoms with Gasteiger partial charge in [0.1, 0.15) is 5.69 Å². The Morgan fingerprint density at radius 1 is 0.867 bits per heavy atom. The minimum Gasteiger partial charge on any atom is -0.295 e. The van der Waals surface area contributed by atoms with Gasteiger partial charge in [0.15, 0.2) is 0 Å². The summed E-state index contributed by atoms with van der Waals surface area (Å²) in [5.41, 5.74) is 5.98. The topological polar surface area (TPSA) is 49.0 Å². The smallest absolute Gasteiger partial charge is 0.277 e. The third-order valence-corrected chi connectivity index (χ3v) is 5.89. The summed E-state index contributed by atoms with van der Waals surface area (Å²) in [6, 6.07) is 22.7. The van der Waals surface area contributed by atoms with E-state index in [1.54, 1.807) is 17.0 Å².